The van der Waals surface area contributed by atoms with Gasteiger partial charge in [0.2, 0.25) is 5.91 Å². The highest BCUT2D eigenvalue weighted by atomic mass is 32.1. The number of carbonyl (C=O) groups is 1. The molecular formula is C16H26N2OS. The van der Waals surface area contributed by atoms with Crippen molar-refractivity contribution in [3.63, 3.8) is 0 Å². The van der Waals surface area contributed by atoms with E-state index in [4.69, 9.17) is 0 Å². The zero-order valence-corrected chi connectivity index (χ0v) is 13.4. The minimum atomic E-state index is 0.183. The topological polar surface area (TPSA) is 32.3 Å². The molecule has 20 heavy (non-hydrogen) atoms. The number of thiophene rings is 1. The van der Waals surface area contributed by atoms with Gasteiger partial charge in [0, 0.05) is 17.5 Å². The van der Waals surface area contributed by atoms with Gasteiger partial charge >= 0.3 is 0 Å². The minimum absolute atomic E-state index is 0.183. The number of hydrogen-bond acceptors (Lipinski definition) is 3. The number of nitrogens with one attached hydrogen (secondary N) is 1. The van der Waals surface area contributed by atoms with Gasteiger partial charge in [0.1, 0.15) is 0 Å². The molecule has 112 valence electrons. The van der Waals surface area contributed by atoms with Crippen LogP contribution in [0.1, 0.15) is 44.4 Å². The lowest BCUT2D eigenvalue weighted by atomic mass is 9.87. The summed E-state index contributed by atoms with van der Waals surface area (Å²) < 4.78 is 0. The van der Waals surface area contributed by atoms with Crippen LogP contribution in [0.5, 0.6) is 0 Å². The molecule has 2 rings (SSSR count). The molecule has 1 aromatic heterocycles. The molecule has 0 aromatic carbocycles. The van der Waals surface area contributed by atoms with Crippen molar-refractivity contribution < 1.29 is 4.79 Å². The number of likely N-dealkylation sites (N-methyl/N-ethyl adjacent to an activating group) is 1. The Morgan fingerprint density at radius 1 is 1.40 bits per heavy atom. The van der Waals surface area contributed by atoms with Crippen LogP contribution in [0.25, 0.3) is 0 Å². The number of hydrogen-bond donors (Lipinski definition) is 1. The molecular weight excluding hydrogens is 268 g/mol. The SMILES string of the molecule is CCN(CC(=O)NC1CCC(C)CC1)Cc1cccs1. The molecule has 1 aliphatic rings. The summed E-state index contributed by atoms with van der Waals surface area (Å²) in [4.78, 5) is 15.7. The van der Waals surface area contributed by atoms with E-state index in [2.05, 4.69) is 41.6 Å². The largest absolute Gasteiger partial charge is 0.352 e. The van der Waals surface area contributed by atoms with E-state index in [0.717, 1.165) is 31.8 Å². The Morgan fingerprint density at radius 3 is 2.75 bits per heavy atom. The standard InChI is InChI=1S/C16H26N2OS/c1-3-18(11-15-5-4-10-20-15)12-16(19)17-14-8-6-13(2)7-9-14/h4-5,10,13-14H,3,6-9,11-12H2,1-2H3,(H,17,19). The monoisotopic (exact) mass is 294 g/mol. The van der Waals surface area contributed by atoms with Gasteiger partial charge in [-0.3, -0.25) is 9.69 Å². The normalized spacial score (nSPS) is 22.9. The molecule has 1 aromatic rings. The van der Waals surface area contributed by atoms with Crippen LogP contribution >= 0.6 is 11.3 Å². The molecule has 0 aliphatic heterocycles. The second kappa shape index (κ2) is 7.79. The van der Waals surface area contributed by atoms with Crippen LogP contribution in [0.2, 0.25) is 0 Å². The average Bonchev–Trinajstić information content (AvgIpc) is 2.93. The third-order valence-electron chi connectivity index (χ3n) is 4.15. The Balaban J connectivity index is 1.74. The van der Waals surface area contributed by atoms with Crippen molar-refractivity contribution in [2.75, 3.05) is 13.1 Å². The number of nitrogens with zero attached hydrogens (tertiary/aromatic N) is 1. The van der Waals surface area contributed by atoms with E-state index in [1.54, 1.807) is 11.3 Å². The van der Waals surface area contributed by atoms with Gasteiger partial charge in [-0.15, -0.1) is 11.3 Å². The average molecular weight is 294 g/mol. The molecule has 1 heterocycles. The van der Waals surface area contributed by atoms with Gasteiger partial charge < -0.3 is 5.32 Å². The zero-order chi connectivity index (χ0) is 14.4. The second-order valence-corrected chi connectivity index (χ2v) is 6.94. The molecule has 0 spiro atoms. The zero-order valence-electron chi connectivity index (χ0n) is 12.6. The highest BCUT2D eigenvalue weighted by Gasteiger charge is 2.20. The summed E-state index contributed by atoms with van der Waals surface area (Å²) in [7, 11) is 0. The summed E-state index contributed by atoms with van der Waals surface area (Å²) in [5.41, 5.74) is 0. The van der Waals surface area contributed by atoms with Crippen LogP contribution in [0.4, 0.5) is 0 Å². The van der Waals surface area contributed by atoms with Gasteiger partial charge in [-0.25, -0.2) is 0 Å². The maximum absolute atomic E-state index is 12.1. The molecule has 1 N–H and O–H groups in total. The maximum atomic E-state index is 12.1. The van der Waals surface area contributed by atoms with E-state index < -0.39 is 0 Å². The van der Waals surface area contributed by atoms with Crippen LogP contribution in [-0.2, 0) is 11.3 Å². The van der Waals surface area contributed by atoms with Crippen LogP contribution in [0.15, 0.2) is 17.5 Å². The van der Waals surface area contributed by atoms with E-state index in [0.29, 0.717) is 12.6 Å². The van der Waals surface area contributed by atoms with E-state index in [-0.39, 0.29) is 5.91 Å². The molecule has 0 bridgehead atoms. The van der Waals surface area contributed by atoms with Gasteiger partial charge in [-0.05, 0) is 49.6 Å². The third-order valence-corrected chi connectivity index (χ3v) is 5.02. The lowest BCUT2D eigenvalue weighted by Gasteiger charge is -2.28. The third kappa shape index (κ3) is 4.91. The van der Waals surface area contributed by atoms with E-state index in [9.17, 15) is 4.79 Å². The first kappa shape index (κ1) is 15.5. The molecule has 1 aliphatic carbocycles. The van der Waals surface area contributed by atoms with Gasteiger partial charge in [-0.1, -0.05) is 19.9 Å². The molecule has 0 saturated heterocycles. The molecule has 3 nitrogen and oxygen atoms in total. The molecule has 4 heteroatoms. The van der Waals surface area contributed by atoms with E-state index in [1.807, 2.05) is 0 Å². The number of rotatable bonds is 6. The first-order valence-corrected chi connectivity index (χ1v) is 8.59. The van der Waals surface area contributed by atoms with E-state index in [1.165, 1.54) is 17.7 Å². The minimum Gasteiger partial charge on any atom is -0.352 e. The lowest BCUT2D eigenvalue weighted by Crippen LogP contribution is -2.43. The van der Waals surface area contributed by atoms with Crippen LogP contribution in [-0.4, -0.2) is 29.9 Å². The Labute approximate surface area is 126 Å². The summed E-state index contributed by atoms with van der Waals surface area (Å²) in [5, 5.41) is 5.30. The van der Waals surface area contributed by atoms with Gasteiger partial charge in [0.05, 0.1) is 6.54 Å². The van der Waals surface area contributed by atoms with Gasteiger partial charge in [0.15, 0.2) is 0 Å². The molecule has 0 radical (unpaired) electrons. The van der Waals surface area contributed by atoms with Crippen LogP contribution < -0.4 is 5.32 Å². The summed E-state index contributed by atoms with van der Waals surface area (Å²) in [6.45, 7) is 6.72. The molecule has 0 atom stereocenters. The fraction of sp³-hybridized carbons (Fsp3) is 0.688. The summed E-state index contributed by atoms with van der Waals surface area (Å²) >= 11 is 1.76. The molecule has 0 unspecified atom stereocenters. The van der Waals surface area contributed by atoms with Crippen molar-refractivity contribution >= 4 is 17.2 Å². The van der Waals surface area contributed by atoms with Crippen molar-refractivity contribution in [2.24, 2.45) is 5.92 Å². The van der Waals surface area contributed by atoms with Gasteiger partial charge in [0.25, 0.3) is 0 Å². The summed E-state index contributed by atoms with van der Waals surface area (Å²) in [5.74, 6) is 1.01. The van der Waals surface area contributed by atoms with Crippen LogP contribution in [0.3, 0.4) is 0 Å². The first-order chi connectivity index (χ1) is 9.67. The predicted octanol–water partition coefficient (Wildman–Crippen LogP) is 3.26. The quantitative estimate of drug-likeness (QED) is 0.873. The Bertz CT molecular complexity index is 397. The first-order valence-electron chi connectivity index (χ1n) is 7.71. The summed E-state index contributed by atoms with van der Waals surface area (Å²) in [6.07, 6.45) is 4.78. The molecule has 1 fully saturated rings. The Kier molecular flexibility index (Phi) is 6.05. The van der Waals surface area contributed by atoms with Crippen molar-refractivity contribution in [3.8, 4) is 0 Å². The van der Waals surface area contributed by atoms with Crippen molar-refractivity contribution in [2.45, 2.75) is 52.1 Å². The highest BCUT2D eigenvalue weighted by molar-refractivity contribution is 7.09. The van der Waals surface area contributed by atoms with Gasteiger partial charge in [-0.2, -0.15) is 0 Å². The van der Waals surface area contributed by atoms with Crippen molar-refractivity contribution in [1.82, 2.24) is 10.2 Å². The van der Waals surface area contributed by atoms with Crippen LogP contribution in [0, 0.1) is 5.92 Å². The Morgan fingerprint density at radius 2 is 2.15 bits per heavy atom. The van der Waals surface area contributed by atoms with E-state index >= 15 is 0 Å². The second-order valence-electron chi connectivity index (χ2n) is 5.91. The fourth-order valence-electron chi connectivity index (χ4n) is 2.78. The Hall–Kier alpha value is -0.870. The number of carbonyl (C=O) groups excluding carboxylic acids is 1. The van der Waals surface area contributed by atoms with Crippen molar-refractivity contribution in [3.05, 3.63) is 22.4 Å². The number of amides is 1. The molecule has 1 amide bonds. The predicted molar refractivity (Wildman–Crippen MR) is 84.8 cm³/mol. The lowest BCUT2D eigenvalue weighted by molar-refractivity contribution is -0.123. The summed E-state index contributed by atoms with van der Waals surface area (Å²) in [6, 6.07) is 4.60. The fourth-order valence-corrected chi connectivity index (χ4v) is 3.53. The maximum Gasteiger partial charge on any atom is 0.234 e. The van der Waals surface area contributed by atoms with Crippen molar-refractivity contribution in [1.29, 1.82) is 0 Å². The highest BCUT2D eigenvalue weighted by Crippen LogP contribution is 2.23. The molecule has 1 saturated carbocycles. The smallest absolute Gasteiger partial charge is 0.234 e.